The number of anilines is 1. The van der Waals surface area contributed by atoms with Crippen LogP contribution in [0.1, 0.15) is 24.8 Å². The van der Waals surface area contributed by atoms with Gasteiger partial charge in [-0.1, -0.05) is 28.1 Å². The van der Waals surface area contributed by atoms with Gasteiger partial charge in [-0.3, -0.25) is 4.79 Å². The molecule has 102 valence electrons. The first-order valence-electron chi connectivity index (χ1n) is 6.10. The number of hydrogen-bond donors (Lipinski definition) is 2. The van der Waals surface area contributed by atoms with Crippen LogP contribution in [0.3, 0.4) is 0 Å². The molecule has 1 amide bonds. The van der Waals surface area contributed by atoms with Gasteiger partial charge in [-0.15, -0.1) is 0 Å². The lowest BCUT2D eigenvalue weighted by atomic mass is 10.1. The second kappa shape index (κ2) is 6.45. The van der Waals surface area contributed by atoms with Crippen LogP contribution in [-0.2, 0) is 9.53 Å². The molecule has 1 aromatic rings. The number of carbonyl (C=O) groups is 1. The predicted octanol–water partition coefficient (Wildman–Crippen LogP) is 2.59. The highest BCUT2D eigenvalue weighted by molar-refractivity contribution is 9.10. The van der Waals surface area contributed by atoms with Crippen LogP contribution in [0.2, 0.25) is 0 Å². The molecule has 1 atom stereocenters. The molecular formula is C13H15BrN2O2S. The molecular weight excluding hydrogens is 328 g/mol. The number of amides is 1. The molecule has 1 aliphatic heterocycles. The summed E-state index contributed by atoms with van der Waals surface area (Å²) in [5.74, 6) is -0.139. The van der Waals surface area contributed by atoms with Gasteiger partial charge in [-0.25, -0.2) is 0 Å². The summed E-state index contributed by atoms with van der Waals surface area (Å²) in [6.07, 6.45) is 2.41. The molecule has 0 bridgehead atoms. The summed E-state index contributed by atoms with van der Waals surface area (Å²) in [5, 5.41) is 2.84. The summed E-state index contributed by atoms with van der Waals surface area (Å²) in [6, 6.07) is 5.40. The van der Waals surface area contributed by atoms with Crippen LogP contribution in [0, 0.1) is 0 Å². The Labute approximate surface area is 125 Å². The molecule has 19 heavy (non-hydrogen) atoms. The van der Waals surface area contributed by atoms with Gasteiger partial charge in [-0.05, 0) is 37.5 Å². The molecule has 1 fully saturated rings. The van der Waals surface area contributed by atoms with Crippen molar-refractivity contribution in [3.05, 3.63) is 28.2 Å². The first-order valence-corrected chi connectivity index (χ1v) is 7.30. The minimum atomic E-state index is -0.378. The monoisotopic (exact) mass is 342 g/mol. The second-order valence-electron chi connectivity index (χ2n) is 4.40. The van der Waals surface area contributed by atoms with Crippen molar-refractivity contribution in [1.82, 2.24) is 0 Å². The number of nitrogens with two attached hydrogens (primary N) is 1. The smallest absolute Gasteiger partial charge is 0.253 e. The van der Waals surface area contributed by atoms with E-state index >= 15 is 0 Å². The number of nitrogens with one attached hydrogen (secondary N) is 1. The molecule has 1 saturated heterocycles. The van der Waals surface area contributed by atoms with E-state index in [0.717, 1.165) is 23.7 Å². The lowest BCUT2D eigenvalue weighted by molar-refractivity contribution is -0.129. The highest BCUT2D eigenvalue weighted by Crippen LogP contribution is 2.22. The van der Waals surface area contributed by atoms with E-state index in [9.17, 15) is 4.79 Å². The van der Waals surface area contributed by atoms with Crippen molar-refractivity contribution < 1.29 is 9.53 Å². The summed E-state index contributed by atoms with van der Waals surface area (Å²) in [6.45, 7) is 0.639. The third-order valence-corrected chi connectivity index (χ3v) is 3.69. The van der Waals surface area contributed by atoms with Gasteiger partial charge in [0.25, 0.3) is 5.91 Å². The van der Waals surface area contributed by atoms with Crippen LogP contribution >= 0.6 is 28.1 Å². The Morgan fingerprint density at radius 3 is 2.89 bits per heavy atom. The van der Waals surface area contributed by atoms with Crippen LogP contribution in [0.4, 0.5) is 5.69 Å². The Morgan fingerprint density at radius 1 is 1.47 bits per heavy atom. The summed E-state index contributed by atoms with van der Waals surface area (Å²) in [5.41, 5.74) is 6.93. The summed E-state index contributed by atoms with van der Waals surface area (Å²) in [4.78, 5) is 12.3. The minimum Gasteiger partial charge on any atom is -0.389 e. The zero-order valence-electron chi connectivity index (χ0n) is 10.3. The molecule has 2 rings (SSSR count). The number of rotatable bonds is 3. The lowest BCUT2D eigenvalue weighted by Crippen LogP contribution is -2.33. The van der Waals surface area contributed by atoms with Gasteiger partial charge in [0, 0.05) is 16.6 Å². The Hall–Kier alpha value is -0.980. The fraction of sp³-hybridized carbons (Fsp3) is 0.385. The standard InChI is InChI=1S/C13H15BrN2O2S/c14-8-4-5-10(9(7-8)12(15)19)16-13(17)11-3-1-2-6-18-11/h4-5,7,11H,1-3,6H2,(H2,15,19)(H,16,17). The summed E-state index contributed by atoms with van der Waals surface area (Å²) >= 11 is 8.35. The zero-order chi connectivity index (χ0) is 13.8. The van der Waals surface area contributed by atoms with Crippen LogP contribution < -0.4 is 11.1 Å². The molecule has 0 radical (unpaired) electrons. The Kier molecular flexibility index (Phi) is 4.90. The van der Waals surface area contributed by atoms with Crippen molar-refractivity contribution in [2.45, 2.75) is 25.4 Å². The van der Waals surface area contributed by atoms with Gasteiger partial charge in [0.1, 0.15) is 11.1 Å². The van der Waals surface area contributed by atoms with Gasteiger partial charge in [-0.2, -0.15) is 0 Å². The fourth-order valence-corrected chi connectivity index (χ4v) is 2.52. The number of thiocarbonyl (C=S) groups is 1. The van der Waals surface area contributed by atoms with E-state index in [1.165, 1.54) is 0 Å². The average Bonchev–Trinajstić information content (AvgIpc) is 2.41. The van der Waals surface area contributed by atoms with E-state index in [4.69, 9.17) is 22.7 Å². The molecule has 0 saturated carbocycles. The first kappa shape index (κ1) is 14.4. The van der Waals surface area contributed by atoms with Crippen molar-refractivity contribution in [1.29, 1.82) is 0 Å². The second-order valence-corrected chi connectivity index (χ2v) is 5.75. The van der Waals surface area contributed by atoms with Crippen molar-refractivity contribution in [3.63, 3.8) is 0 Å². The van der Waals surface area contributed by atoms with Gasteiger partial charge >= 0.3 is 0 Å². The predicted molar refractivity (Wildman–Crippen MR) is 82.3 cm³/mol. The van der Waals surface area contributed by atoms with Crippen LogP contribution in [0.25, 0.3) is 0 Å². The van der Waals surface area contributed by atoms with E-state index in [0.29, 0.717) is 17.9 Å². The van der Waals surface area contributed by atoms with Crippen molar-refractivity contribution >= 4 is 44.7 Å². The number of carbonyl (C=O) groups excluding carboxylic acids is 1. The highest BCUT2D eigenvalue weighted by Gasteiger charge is 2.22. The largest absolute Gasteiger partial charge is 0.389 e. The molecule has 1 aromatic carbocycles. The normalized spacial score (nSPS) is 18.9. The highest BCUT2D eigenvalue weighted by atomic mass is 79.9. The van der Waals surface area contributed by atoms with E-state index in [1.54, 1.807) is 12.1 Å². The molecule has 0 aromatic heterocycles. The maximum atomic E-state index is 12.1. The fourth-order valence-electron chi connectivity index (χ4n) is 1.99. The molecule has 0 aliphatic carbocycles. The van der Waals surface area contributed by atoms with Gasteiger partial charge in [0.15, 0.2) is 0 Å². The van der Waals surface area contributed by atoms with Crippen LogP contribution in [0.5, 0.6) is 0 Å². The Balaban J connectivity index is 2.13. The van der Waals surface area contributed by atoms with Crippen LogP contribution in [-0.4, -0.2) is 23.6 Å². The average molecular weight is 343 g/mol. The van der Waals surface area contributed by atoms with Gasteiger partial charge in [0.05, 0.1) is 5.69 Å². The third-order valence-electron chi connectivity index (χ3n) is 2.98. The first-order chi connectivity index (χ1) is 9.08. The summed E-state index contributed by atoms with van der Waals surface area (Å²) in [7, 11) is 0. The molecule has 3 N–H and O–H groups in total. The molecule has 0 spiro atoms. The van der Waals surface area contributed by atoms with E-state index in [2.05, 4.69) is 21.2 Å². The van der Waals surface area contributed by atoms with Gasteiger partial charge < -0.3 is 15.8 Å². The van der Waals surface area contributed by atoms with Gasteiger partial charge in [0.2, 0.25) is 0 Å². The number of hydrogen-bond acceptors (Lipinski definition) is 3. The lowest BCUT2D eigenvalue weighted by Gasteiger charge is -2.22. The number of halogens is 1. The quantitative estimate of drug-likeness (QED) is 0.828. The maximum absolute atomic E-state index is 12.1. The third kappa shape index (κ3) is 3.75. The van der Waals surface area contributed by atoms with Crippen LogP contribution in [0.15, 0.2) is 22.7 Å². The molecule has 1 aliphatic rings. The Bertz CT molecular complexity index is 501. The topological polar surface area (TPSA) is 64.3 Å². The molecule has 1 heterocycles. The van der Waals surface area contributed by atoms with E-state index in [-0.39, 0.29) is 17.0 Å². The SMILES string of the molecule is NC(=S)c1cc(Br)ccc1NC(=O)C1CCCCO1. The minimum absolute atomic E-state index is 0.139. The molecule has 6 heteroatoms. The van der Waals surface area contributed by atoms with Crippen molar-refractivity contribution in [2.75, 3.05) is 11.9 Å². The van der Waals surface area contributed by atoms with E-state index in [1.807, 2.05) is 6.07 Å². The molecule has 1 unspecified atom stereocenters. The zero-order valence-corrected chi connectivity index (χ0v) is 12.7. The number of benzene rings is 1. The van der Waals surface area contributed by atoms with E-state index < -0.39 is 0 Å². The molecule has 4 nitrogen and oxygen atoms in total. The van der Waals surface area contributed by atoms with Crippen molar-refractivity contribution in [3.8, 4) is 0 Å². The van der Waals surface area contributed by atoms with Crippen molar-refractivity contribution in [2.24, 2.45) is 5.73 Å². The Morgan fingerprint density at radius 2 is 2.26 bits per heavy atom. The number of ether oxygens (including phenoxy) is 1. The maximum Gasteiger partial charge on any atom is 0.253 e. The summed E-state index contributed by atoms with van der Waals surface area (Å²) < 4.78 is 6.31.